The second kappa shape index (κ2) is 7.82. The molecule has 0 bridgehead atoms. The van der Waals surface area contributed by atoms with Gasteiger partial charge in [0.2, 0.25) is 0 Å². The number of anilines is 1. The highest BCUT2D eigenvalue weighted by Crippen LogP contribution is 2.18. The zero-order valence-electron chi connectivity index (χ0n) is 11.0. The van der Waals surface area contributed by atoms with Crippen molar-refractivity contribution in [3.05, 3.63) is 59.1 Å². The molecule has 2 aromatic carbocycles. The lowest BCUT2D eigenvalue weighted by Gasteiger charge is -2.10. The van der Waals surface area contributed by atoms with Gasteiger partial charge >= 0.3 is 7.12 Å². The third kappa shape index (κ3) is 5.02. The summed E-state index contributed by atoms with van der Waals surface area (Å²) >= 11 is 12.7. The second-order valence-corrected chi connectivity index (χ2v) is 6.36. The number of thiocarbonyl (C=S) groups is 1. The molecule has 0 saturated heterocycles. The number of rotatable bonds is 4. The maximum absolute atomic E-state index is 9.22. The molecule has 0 heterocycles. The lowest BCUT2D eigenvalue weighted by molar-refractivity contribution is 0.426. The van der Waals surface area contributed by atoms with Crippen molar-refractivity contribution >= 4 is 58.2 Å². The van der Waals surface area contributed by atoms with E-state index in [1.807, 2.05) is 30.3 Å². The van der Waals surface area contributed by atoms with E-state index in [1.54, 1.807) is 18.2 Å². The number of nitrogens with one attached hydrogen (secondary N) is 1. The first-order valence-corrected chi connectivity index (χ1v) is 7.97. The van der Waals surface area contributed by atoms with Gasteiger partial charge in [0.15, 0.2) is 0 Å². The first-order chi connectivity index (χ1) is 10.1. The Morgan fingerprint density at radius 2 is 1.90 bits per heavy atom. The van der Waals surface area contributed by atoms with Crippen LogP contribution in [0.2, 0.25) is 5.02 Å². The average Bonchev–Trinajstić information content (AvgIpc) is 2.48. The van der Waals surface area contributed by atoms with Gasteiger partial charge in [0.05, 0.1) is 0 Å². The minimum atomic E-state index is -1.61. The number of thioether (sulfide) groups is 1. The summed E-state index contributed by atoms with van der Waals surface area (Å²) in [5, 5.41) is 21.8. The summed E-state index contributed by atoms with van der Waals surface area (Å²) < 4.78 is 0.611. The molecule has 0 unspecified atom stereocenters. The van der Waals surface area contributed by atoms with Crippen LogP contribution in [0.1, 0.15) is 5.56 Å². The number of hydrogen-bond acceptors (Lipinski definition) is 4. The molecule has 0 aliphatic carbocycles. The monoisotopic (exact) mass is 337 g/mol. The van der Waals surface area contributed by atoms with Crippen LogP contribution in [0.4, 0.5) is 5.69 Å². The van der Waals surface area contributed by atoms with Gasteiger partial charge in [0.1, 0.15) is 4.32 Å². The van der Waals surface area contributed by atoms with E-state index in [-0.39, 0.29) is 5.46 Å². The second-order valence-electron chi connectivity index (χ2n) is 4.30. The highest BCUT2D eigenvalue weighted by atomic mass is 35.5. The van der Waals surface area contributed by atoms with Crippen LogP contribution < -0.4 is 10.8 Å². The fourth-order valence-corrected chi connectivity index (χ4v) is 2.89. The van der Waals surface area contributed by atoms with Crippen LogP contribution in [0.3, 0.4) is 0 Å². The Labute approximate surface area is 138 Å². The third-order valence-electron chi connectivity index (χ3n) is 2.73. The maximum Gasteiger partial charge on any atom is 0.490 e. The zero-order valence-corrected chi connectivity index (χ0v) is 13.4. The summed E-state index contributed by atoms with van der Waals surface area (Å²) in [6, 6.07) is 14.9. The van der Waals surface area contributed by atoms with E-state index in [0.29, 0.717) is 15.0 Å². The predicted molar refractivity (Wildman–Crippen MR) is 95.2 cm³/mol. The molecule has 7 heteroatoms. The maximum atomic E-state index is 9.22. The molecule has 2 aromatic rings. The van der Waals surface area contributed by atoms with Crippen molar-refractivity contribution in [1.82, 2.24) is 0 Å². The molecule has 0 aliphatic heterocycles. The van der Waals surface area contributed by atoms with Crippen LogP contribution >= 0.6 is 35.6 Å². The molecule has 0 aromatic heterocycles. The molecule has 0 fully saturated rings. The molecule has 21 heavy (non-hydrogen) atoms. The first-order valence-electron chi connectivity index (χ1n) is 6.19. The fourth-order valence-electron chi connectivity index (χ4n) is 1.70. The average molecular weight is 338 g/mol. The van der Waals surface area contributed by atoms with Gasteiger partial charge in [-0.25, -0.2) is 0 Å². The smallest absolute Gasteiger partial charge is 0.423 e. The van der Waals surface area contributed by atoms with Crippen LogP contribution in [0.5, 0.6) is 0 Å². The summed E-state index contributed by atoms with van der Waals surface area (Å²) in [4.78, 5) is 0. The third-order valence-corrected chi connectivity index (χ3v) is 4.38. The fraction of sp³-hybridized carbons (Fsp3) is 0.0714. The molecule has 3 N–H and O–H groups in total. The Bertz CT molecular complexity index is 626. The van der Waals surface area contributed by atoms with Crippen molar-refractivity contribution in [3.8, 4) is 0 Å². The van der Waals surface area contributed by atoms with E-state index in [0.717, 1.165) is 5.75 Å². The van der Waals surface area contributed by atoms with E-state index in [4.69, 9.17) is 23.8 Å². The van der Waals surface area contributed by atoms with Crippen molar-refractivity contribution in [2.75, 3.05) is 5.32 Å². The van der Waals surface area contributed by atoms with Gasteiger partial charge in [-0.1, -0.05) is 65.9 Å². The van der Waals surface area contributed by atoms with Gasteiger partial charge in [-0.05, 0) is 23.8 Å². The van der Waals surface area contributed by atoms with E-state index < -0.39 is 7.12 Å². The lowest BCUT2D eigenvalue weighted by atomic mass is 9.80. The Balaban J connectivity index is 1.95. The summed E-state index contributed by atoms with van der Waals surface area (Å²) in [5.41, 5.74) is 2.11. The van der Waals surface area contributed by atoms with E-state index in [2.05, 4.69) is 5.32 Å². The van der Waals surface area contributed by atoms with Crippen LogP contribution in [0.25, 0.3) is 0 Å². The highest BCUT2D eigenvalue weighted by Gasteiger charge is 2.15. The first kappa shape index (κ1) is 16.3. The molecule has 3 nitrogen and oxygen atoms in total. The highest BCUT2D eigenvalue weighted by molar-refractivity contribution is 8.22. The molecule has 108 valence electrons. The van der Waals surface area contributed by atoms with Crippen LogP contribution in [-0.2, 0) is 5.75 Å². The normalized spacial score (nSPS) is 10.2. The summed E-state index contributed by atoms with van der Waals surface area (Å²) in [5.74, 6) is 0.774. The number of halogens is 1. The lowest BCUT2D eigenvalue weighted by Crippen LogP contribution is -2.31. The summed E-state index contributed by atoms with van der Waals surface area (Å²) in [7, 11) is -1.61. The van der Waals surface area contributed by atoms with E-state index >= 15 is 0 Å². The summed E-state index contributed by atoms with van der Waals surface area (Å²) in [6.07, 6.45) is 0. The van der Waals surface area contributed by atoms with Crippen LogP contribution in [0.15, 0.2) is 48.5 Å². The van der Waals surface area contributed by atoms with Crippen LogP contribution in [-0.4, -0.2) is 21.5 Å². The quantitative estimate of drug-likeness (QED) is 0.591. The summed E-state index contributed by atoms with van der Waals surface area (Å²) in [6.45, 7) is 0. The zero-order chi connectivity index (χ0) is 15.2. The predicted octanol–water partition coefficient (Wildman–Crippen LogP) is 2.65. The van der Waals surface area contributed by atoms with Crippen molar-refractivity contribution in [2.45, 2.75) is 5.75 Å². The Hall–Kier alpha value is -1.05. The molecule has 0 aliphatic rings. The molecule has 0 spiro atoms. The van der Waals surface area contributed by atoms with Gasteiger partial charge in [-0.2, -0.15) is 0 Å². The minimum absolute atomic E-state index is 0.248. The molecular formula is C14H13BClNO2S2. The standard InChI is InChI=1S/C14H13BClNO2S2/c16-13-7-6-11(8-12(13)15(18)19)17-14(20)21-9-10-4-2-1-3-5-10/h1-8,18-19H,9H2,(H,17,20). The molecular weight excluding hydrogens is 325 g/mol. The van der Waals surface area contributed by atoms with Crippen LogP contribution in [0, 0.1) is 0 Å². The van der Waals surface area contributed by atoms with Crippen molar-refractivity contribution in [2.24, 2.45) is 0 Å². The van der Waals surface area contributed by atoms with Gasteiger partial charge in [0.25, 0.3) is 0 Å². The Kier molecular flexibility index (Phi) is 6.08. The molecule has 2 rings (SSSR count). The van der Waals surface area contributed by atoms with E-state index in [9.17, 15) is 10.0 Å². The van der Waals surface area contributed by atoms with Gasteiger partial charge in [-0.15, -0.1) is 0 Å². The minimum Gasteiger partial charge on any atom is -0.423 e. The Morgan fingerprint density at radius 3 is 2.57 bits per heavy atom. The molecule has 0 saturated carbocycles. The van der Waals surface area contributed by atoms with Gasteiger partial charge < -0.3 is 15.4 Å². The SMILES string of the molecule is OB(O)c1cc(NC(=S)SCc2ccccc2)ccc1Cl. The number of benzene rings is 2. The van der Waals surface area contributed by atoms with Crippen molar-refractivity contribution < 1.29 is 10.0 Å². The van der Waals surface area contributed by atoms with E-state index in [1.165, 1.54) is 17.3 Å². The molecule has 0 atom stereocenters. The molecule has 0 radical (unpaired) electrons. The van der Waals surface area contributed by atoms with Crippen molar-refractivity contribution in [1.29, 1.82) is 0 Å². The topological polar surface area (TPSA) is 52.5 Å². The van der Waals surface area contributed by atoms with Crippen molar-refractivity contribution in [3.63, 3.8) is 0 Å². The molecule has 0 amide bonds. The van der Waals surface area contributed by atoms with Gasteiger partial charge in [0, 0.05) is 21.9 Å². The number of hydrogen-bond donors (Lipinski definition) is 3. The Morgan fingerprint density at radius 1 is 1.19 bits per heavy atom. The largest absolute Gasteiger partial charge is 0.490 e. The van der Waals surface area contributed by atoms with Gasteiger partial charge in [-0.3, -0.25) is 0 Å².